The topological polar surface area (TPSA) is 146 Å². The van der Waals surface area contributed by atoms with Crippen molar-refractivity contribution in [2.75, 3.05) is 19.5 Å². The van der Waals surface area contributed by atoms with Crippen LogP contribution in [0.5, 0.6) is 11.5 Å². The molecular formula is C23H18N4O7S. The van der Waals surface area contributed by atoms with E-state index in [1.807, 2.05) is 0 Å². The molecule has 3 aromatic carbocycles. The standard InChI is InChI=1S/C23H18N4O7S/c1-32-19-9-5-14(11-20(19)33-2)21-25-17-12-15(6-10-18(17)34-21)24-23(29)26-35-22(28)13-3-7-16(8-4-13)27(30)31/h3-12H,1-2H3,(H2,24,26,29). The normalized spacial score (nSPS) is 10.6. The number of hydrogen-bond donors (Lipinski definition) is 2. The highest BCUT2D eigenvalue weighted by atomic mass is 32.2. The van der Waals surface area contributed by atoms with Crippen molar-refractivity contribution in [1.82, 2.24) is 9.71 Å². The maximum atomic E-state index is 12.2. The van der Waals surface area contributed by atoms with Gasteiger partial charge in [-0.2, -0.15) is 0 Å². The van der Waals surface area contributed by atoms with Crippen molar-refractivity contribution in [3.05, 3.63) is 76.3 Å². The third-order valence-electron chi connectivity index (χ3n) is 4.83. The van der Waals surface area contributed by atoms with E-state index in [0.717, 1.165) is 0 Å². The molecular weight excluding hydrogens is 476 g/mol. The van der Waals surface area contributed by atoms with Crippen LogP contribution in [-0.2, 0) is 0 Å². The van der Waals surface area contributed by atoms with Crippen molar-refractivity contribution in [2.45, 2.75) is 0 Å². The number of ether oxygens (including phenoxy) is 2. The molecule has 178 valence electrons. The number of nitrogens with one attached hydrogen (secondary N) is 2. The van der Waals surface area contributed by atoms with Crippen molar-refractivity contribution >= 4 is 45.6 Å². The number of carbonyl (C=O) groups is 2. The van der Waals surface area contributed by atoms with Gasteiger partial charge in [-0.3, -0.25) is 19.6 Å². The number of hydrogen-bond acceptors (Lipinski definition) is 9. The average molecular weight is 494 g/mol. The number of carbonyl (C=O) groups excluding carboxylic acids is 2. The molecule has 2 N–H and O–H groups in total. The quantitative estimate of drug-likeness (QED) is 0.214. The maximum absolute atomic E-state index is 12.2. The molecule has 35 heavy (non-hydrogen) atoms. The summed E-state index contributed by atoms with van der Waals surface area (Å²) in [6.45, 7) is 0. The monoisotopic (exact) mass is 494 g/mol. The molecule has 4 rings (SSSR count). The Bertz CT molecular complexity index is 1420. The number of non-ortho nitro benzene ring substituents is 1. The number of urea groups is 1. The summed E-state index contributed by atoms with van der Waals surface area (Å²) in [6, 6.07) is 14.7. The number of methoxy groups -OCH3 is 2. The second-order valence-corrected chi connectivity index (χ2v) is 7.80. The number of oxazole rings is 1. The van der Waals surface area contributed by atoms with Crippen LogP contribution in [0, 0.1) is 10.1 Å². The van der Waals surface area contributed by atoms with E-state index >= 15 is 0 Å². The number of fused-ring (bicyclic) bond motifs is 1. The second-order valence-electron chi connectivity index (χ2n) is 7.02. The van der Waals surface area contributed by atoms with E-state index in [9.17, 15) is 19.7 Å². The smallest absolute Gasteiger partial charge is 0.329 e. The van der Waals surface area contributed by atoms with Gasteiger partial charge < -0.3 is 19.2 Å². The molecule has 0 saturated heterocycles. The Morgan fingerprint density at radius 1 is 1.00 bits per heavy atom. The molecule has 0 saturated carbocycles. The minimum absolute atomic E-state index is 0.130. The Kier molecular flexibility index (Phi) is 6.83. The van der Waals surface area contributed by atoms with Gasteiger partial charge in [0.25, 0.3) is 5.69 Å². The Morgan fingerprint density at radius 2 is 1.74 bits per heavy atom. The second kappa shape index (κ2) is 10.1. The van der Waals surface area contributed by atoms with Gasteiger partial charge in [0, 0.05) is 40.9 Å². The zero-order valence-electron chi connectivity index (χ0n) is 18.4. The fourth-order valence-electron chi connectivity index (χ4n) is 3.13. The summed E-state index contributed by atoms with van der Waals surface area (Å²) in [4.78, 5) is 39.0. The summed E-state index contributed by atoms with van der Waals surface area (Å²) in [7, 11) is 3.08. The lowest BCUT2D eigenvalue weighted by molar-refractivity contribution is -0.384. The Hall–Kier alpha value is -4.58. The number of nitro groups is 1. The number of rotatable bonds is 6. The molecule has 0 spiro atoms. The zero-order chi connectivity index (χ0) is 24.9. The Balaban J connectivity index is 1.41. The molecule has 1 aromatic heterocycles. The molecule has 11 nitrogen and oxygen atoms in total. The number of aromatic nitrogens is 1. The molecule has 0 aliphatic rings. The van der Waals surface area contributed by atoms with E-state index in [1.165, 1.54) is 31.4 Å². The van der Waals surface area contributed by atoms with Gasteiger partial charge in [0.15, 0.2) is 17.1 Å². The molecule has 0 atom stereocenters. The van der Waals surface area contributed by atoms with Crippen molar-refractivity contribution in [3.63, 3.8) is 0 Å². The van der Waals surface area contributed by atoms with Gasteiger partial charge in [0.1, 0.15) is 5.52 Å². The number of anilines is 1. The molecule has 0 radical (unpaired) electrons. The van der Waals surface area contributed by atoms with Crippen LogP contribution in [0.3, 0.4) is 0 Å². The van der Waals surface area contributed by atoms with Crippen LogP contribution in [0.4, 0.5) is 16.2 Å². The predicted octanol–water partition coefficient (Wildman–Crippen LogP) is 5.03. The molecule has 0 fully saturated rings. The largest absolute Gasteiger partial charge is 0.493 e. The molecule has 2 amide bonds. The highest BCUT2D eigenvalue weighted by molar-refractivity contribution is 8.12. The molecule has 12 heteroatoms. The van der Waals surface area contributed by atoms with Gasteiger partial charge in [-0.05, 0) is 48.5 Å². The van der Waals surface area contributed by atoms with Crippen LogP contribution in [-0.4, -0.2) is 35.3 Å². The van der Waals surface area contributed by atoms with Crippen molar-refractivity contribution in [3.8, 4) is 23.0 Å². The first kappa shape index (κ1) is 23.6. The minimum atomic E-state index is -0.631. The first-order chi connectivity index (χ1) is 16.9. The van der Waals surface area contributed by atoms with E-state index in [4.69, 9.17) is 13.9 Å². The zero-order valence-corrected chi connectivity index (χ0v) is 19.3. The predicted molar refractivity (Wildman–Crippen MR) is 130 cm³/mol. The average Bonchev–Trinajstić information content (AvgIpc) is 3.30. The fourth-order valence-corrected chi connectivity index (χ4v) is 3.62. The number of nitro benzene ring substituents is 1. The van der Waals surface area contributed by atoms with Crippen LogP contribution < -0.4 is 19.5 Å². The summed E-state index contributed by atoms with van der Waals surface area (Å²) < 4.78 is 18.8. The van der Waals surface area contributed by atoms with Crippen LogP contribution in [0.1, 0.15) is 10.4 Å². The summed E-state index contributed by atoms with van der Waals surface area (Å²) in [5.74, 6) is 1.48. The molecule has 4 aromatic rings. The minimum Gasteiger partial charge on any atom is -0.493 e. The number of amides is 2. The lowest BCUT2D eigenvalue weighted by atomic mass is 10.2. The highest BCUT2D eigenvalue weighted by Crippen LogP contribution is 2.33. The van der Waals surface area contributed by atoms with Crippen LogP contribution in [0.25, 0.3) is 22.6 Å². The molecule has 0 aliphatic carbocycles. The third kappa shape index (κ3) is 5.33. The van der Waals surface area contributed by atoms with Crippen molar-refractivity contribution in [2.24, 2.45) is 0 Å². The molecule has 0 unspecified atom stereocenters. The van der Waals surface area contributed by atoms with Gasteiger partial charge in [-0.1, -0.05) is 0 Å². The van der Waals surface area contributed by atoms with E-state index in [2.05, 4.69) is 15.0 Å². The fraction of sp³-hybridized carbons (Fsp3) is 0.0870. The van der Waals surface area contributed by atoms with E-state index in [0.29, 0.717) is 51.7 Å². The SMILES string of the molecule is COc1ccc(-c2nc3cc(NC(=O)NSC(=O)c4ccc([N+](=O)[O-])cc4)ccc3o2)cc1OC. The van der Waals surface area contributed by atoms with Gasteiger partial charge in [0.2, 0.25) is 11.0 Å². The Morgan fingerprint density at radius 3 is 2.43 bits per heavy atom. The van der Waals surface area contributed by atoms with Crippen molar-refractivity contribution < 1.29 is 28.4 Å². The summed E-state index contributed by atoms with van der Waals surface area (Å²) in [5.41, 5.74) is 2.24. The maximum Gasteiger partial charge on any atom is 0.329 e. The lowest BCUT2D eigenvalue weighted by Crippen LogP contribution is -2.24. The van der Waals surface area contributed by atoms with E-state index in [-0.39, 0.29) is 11.3 Å². The molecule has 0 bridgehead atoms. The first-order valence-electron chi connectivity index (χ1n) is 10.0. The summed E-state index contributed by atoms with van der Waals surface area (Å²) >= 11 is 0.556. The third-order valence-corrected chi connectivity index (χ3v) is 5.53. The van der Waals surface area contributed by atoms with Crippen LogP contribution in [0.15, 0.2) is 65.1 Å². The summed E-state index contributed by atoms with van der Waals surface area (Å²) in [6.07, 6.45) is 0. The van der Waals surface area contributed by atoms with Gasteiger partial charge in [-0.25, -0.2) is 9.78 Å². The first-order valence-corrected chi connectivity index (χ1v) is 10.8. The van der Waals surface area contributed by atoms with Gasteiger partial charge in [0.05, 0.1) is 19.1 Å². The van der Waals surface area contributed by atoms with Crippen LogP contribution >= 0.6 is 11.9 Å². The van der Waals surface area contributed by atoms with E-state index in [1.54, 1.807) is 43.5 Å². The number of benzene rings is 3. The lowest BCUT2D eigenvalue weighted by Gasteiger charge is -2.07. The van der Waals surface area contributed by atoms with Gasteiger partial charge in [-0.15, -0.1) is 0 Å². The summed E-state index contributed by atoms with van der Waals surface area (Å²) in [5, 5.41) is 12.9. The van der Waals surface area contributed by atoms with Gasteiger partial charge >= 0.3 is 6.03 Å². The highest BCUT2D eigenvalue weighted by Gasteiger charge is 2.14. The molecule has 1 heterocycles. The Labute approximate surface area is 202 Å². The molecule has 0 aliphatic heterocycles. The van der Waals surface area contributed by atoms with E-state index < -0.39 is 16.1 Å². The van der Waals surface area contributed by atoms with Crippen LogP contribution in [0.2, 0.25) is 0 Å². The number of nitrogens with zero attached hydrogens (tertiary/aromatic N) is 2. The van der Waals surface area contributed by atoms with Crippen molar-refractivity contribution in [1.29, 1.82) is 0 Å².